The Labute approximate surface area is 107 Å². The van der Waals surface area contributed by atoms with Gasteiger partial charge in [0.1, 0.15) is 17.3 Å². The maximum Gasteiger partial charge on any atom is 0.162 e. The number of aromatic nitrogens is 5. The summed E-state index contributed by atoms with van der Waals surface area (Å²) in [5.41, 5.74) is 0.489. The zero-order valence-electron chi connectivity index (χ0n) is 9.64. The van der Waals surface area contributed by atoms with Gasteiger partial charge in [-0.25, -0.2) is 4.39 Å². The van der Waals surface area contributed by atoms with Gasteiger partial charge < -0.3 is 4.74 Å². The van der Waals surface area contributed by atoms with Crippen LogP contribution < -0.4 is 4.74 Å². The van der Waals surface area contributed by atoms with Gasteiger partial charge in [-0.05, 0) is 29.5 Å². The molecule has 2 heterocycles. The van der Waals surface area contributed by atoms with Gasteiger partial charge in [0.25, 0.3) is 0 Å². The van der Waals surface area contributed by atoms with Gasteiger partial charge >= 0.3 is 0 Å². The van der Waals surface area contributed by atoms with E-state index in [9.17, 15) is 4.39 Å². The van der Waals surface area contributed by atoms with Crippen LogP contribution in [0.5, 0.6) is 11.5 Å². The minimum absolute atomic E-state index is 0.283. The molecule has 19 heavy (non-hydrogen) atoms. The van der Waals surface area contributed by atoms with Crippen LogP contribution in [0.25, 0.3) is 5.69 Å². The van der Waals surface area contributed by atoms with Gasteiger partial charge in [0.05, 0.1) is 6.20 Å². The first-order valence-electron chi connectivity index (χ1n) is 5.44. The van der Waals surface area contributed by atoms with Gasteiger partial charge in [0, 0.05) is 12.3 Å². The van der Waals surface area contributed by atoms with Crippen LogP contribution in [0.15, 0.2) is 49.1 Å². The number of hydrogen-bond donors (Lipinski definition) is 0. The summed E-state index contributed by atoms with van der Waals surface area (Å²) in [6, 6.07) is 7.52. The number of benzene rings is 1. The number of hydrogen-bond acceptors (Lipinski definition) is 5. The Hall–Kier alpha value is -2.83. The quantitative estimate of drug-likeness (QED) is 0.717. The van der Waals surface area contributed by atoms with Gasteiger partial charge in [-0.2, -0.15) is 0 Å². The lowest BCUT2D eigenvalue weighted by Crippen LogP contribution is -2.02. The number of rotatable bonds is 3. The molecular weight excluding hydrogens is 249 g/mol. The molecule has 0 radical (unpaired) electrons. The molecule has 6 nitrogen and oxygen atoms in total. The van der Waals surface area contributed by atoms with Crippen LogP contribution in [-0.4, -0.2) is 25.2 Å². The molecule has 0 saturated carbocycles. The SMILES string of the molecule is Fc1ccc(-n2ncnn2)c(Oc2cccnc2)c1. The van der Waals surface area contributed by atoms with Crippen LogP contribution in [0.2, 0.25) is 0 Å². The molecule has 1 aromatic carbocycles. The molecule has 0 amide bonds. The van der Waals surface area contributed by atoms with E-state index in [4.69, 9.17) is 4.74 Å². The van der Waals surface area contributed by atoms with E-state index < -0.39 is 5.82 Å². The minimum atomic E-state index is -0.414. The molecule has 94 valence electrons. The van der Waals surface area contributed by atoms with Gasteiger partial charge in [-0.3, -0.25) is 4.98 Å². The summed E-state index contributed by atoms with van der Waals surface area (Å²) in [5, 5.41) is 11.3. The summed E-state index contributed by atoms with van der Waals surface area (Å²) in [6.07, 6.45) is 4.44. The van der Waals surface area contributed by atoms with Crippen molar-refractivity contribution >= 4 is 0 Å². The number of nitrogens with zero attached hydrogens (tertiary/aromatic N) is 5. The first-order chi connectivity index (χ1) is 9.33. The Balaban J connectivity index is 2.02. The predicted molar refractivity (Wildman–Crippen MR) is 63.4 cm³/mol. The van der Waals surface area contributed by atoms with Crippen LogP contribution in [0.1, 0.15) is 0 Å². The van der Waals surface area contributed by atoms with Crippen molar-refractivity contribution in [2.24, 2.45) is 0 Å². The summed E-state index contributed by atoms with van der Waals surface area (Å²) in [4.78, 5) is 5.18. The Kier molecular flexibility index (Phi) is 2.85. The third-order valence-electron chi connectivity index (χ3n) is 2.35. The summed E-state index contributed by atoms with van der Waals surface area (Å²) in [5.74, 6) is 0.364. The molecule has 0 spiro atoms. The van der Waals surface area contributed by atoms with Gasteiger partial charge in [0.2, 0.25) is 0 Å². The molecule has 0 saturated heterocycles. The van der Waals surface area contributed by atoms with Crippen LogP contribution in [-0.2, 0) is 0 Å². The van der Waals surface area contributed by atoms with Crippen molar-refractivity contribution in [1.82, 2.24) is 25.2 Å². The highest BCUT2D eigenvalue weighted by Gasteiger charge is 2.10. The topological polar surface area (TPSA) is 65.7 Å². The number of ether oxygens (including phenoxy) is 1. The minimum Gasteiger partial charge on any atom is -0.453 e. The van der Waals surface area contributed by atoms with Crippen molar-refractivity contribution < 1.29 is 9.13 Å². The molecule has 0 atom stereocenters. The van der Waals surface area contributed by atoms with Gasteiger partial charge in [-0.1, -0.05) is 0 Å². The highest BCUT2D eigenvalue weighted by Crippen LogP contribution is 2.27. The number of pyridine rings is 1. The lowest BCUT2D eigenvalue weighted by Gasteiger charge is -2.09. The monoisotopic (exact) mass is 257 g/mol. The molecule has 0 unspecified atom stereocenters. The van der Waals surface area contributed by atoms with E-state index in [-0.39, 0.29) is 5.75 Å². The van der Waals surface area contributed by atoms with Gasteiger partial charge in [0.15, 0.2) is 12.1 Å². The van der Waals surface area contributed by atoms with E-state index in [0.29, 0.717) is 11.4 Å². The molecule has 0 fully saturated rings. The number of tetrazole rings is 1. The first kappa shape index (κ1) is 11.3. The van der Waals surface area contributed by atoms with E-state index in [1.807, 2.05) is 0 Å². The molecule has 7 heteroatoms. The average molecular weight is 257 g/mol. The third-order valence-corrected chi connectivity index (χ3v) is 2.35. The summed E-state index contributed by atoms with van der Waals surface area (Å²) >= 11 is 0. The first-order valence-corrected chi connectivity index (χ1v) is 5.44. The fourth-order valence-corrected chi connectivity index (χ4v) is 1.55. The maximum atomic E-state index is 13.3. The van der Waals surface area contributed by atoms with Gasteiger partial charge in [-0.15, -0.1) is 15.0 Å². The predicted octanol–water partition coefficient (Wildman–Crippen LogP) is 1.99. The molecule has 3 aromatic rings. The lowest BCUT2D eigenvalue weighted by molar-refractivity contribution is 0.466. The van der Waals surface area contributed by atoms with E-state index in [0.717, 1.165) is 0 Å². The van der Waals surface area contributed by atoms with Crippen molar-refractivity contribution in [1.29, 1.82) is 0 Å². The largest absolute Gasteiger partial charge is 0.453 e. The summed E-state index contributed by atoms with van der Waals surface area (Å²) < 4.78 is 18.9. The van der Waals surface area contributed by atoms with E-state index in [1.165, 1.54) is 35.5 Å². The highest BCUT2D eigenvalue weighted by atomic mass is 19.1. The smallest absolute Gasteiger partial charge is 0.162 e. The van der Waals surface area contributed by atoms with Crippen molar-refractivity contribution in [3.8, 4) is 17.2 Å². The van der Waals surface area contributed by atoms with E-state index in [1.54, 1.807) is 18.3 Å². The fourth-order valence-electron chi connectivity index (χ4n) is 1.55. The standard InChI is InChI=1S/C12H8FN5O/c13-9-3-4-11(18-16-8-15-17-18)12(6-9)19-10-2-1-5-14-7-10/h1-8H. The molecule has 0 N–H and O–H groups in total. The van der Waals surface area contributed by atoms with Crippen LogP contribution in [0.3, 0.4) is 0 Å². The molecule has 0 aliphatic heterocycles. The highest BCUT2D eigenvalue weighted by molar-refractivity contribution is 5.47. The molecule has 3 rings (SSSR count). The van der Waals surface area contributed by atoms with E-state index in [2.05, 4.69) is 20.4 Å². The molecule has 0 aliphatic carbocycles. The lowest BCUT2D eigenvalue weighted by atomic mass is 10.3. The molecule has 2 aromatic heterocycles. The van der Waals surface area contributed by atoms with Crippen molar-refractivity contribution in [2.75, 3.05) is 0 Å². The molecule has 0 aliphatic rings. The summed E-state index contributed by atoms with van der Waals surface area (Å²) in [7, 11) is 0. The summed E-state index contributed by atoms with van der Waals surface area (Å²) in [6.45, 7) is 0. The van der Waals surface area contributed by atoms with E-state index >= 15 is 0 Å². The second-order valence-corrected chi connectivity index (χ2v) is 3.63. The third kappa shape index (κ3) is 2.39. The Morgan fingerprint density at radius 2 is 2.16 bits per heavy atom. The normalized spacial score (nSPS) is 10.4. The fraction of sp³-hybridized carbons (Fsp3) is 0. The van der Waals surface area contributed by atoms with Crippen LogP contribution >= 0.6 is 0 Å². The van der Waals surface area contributed by atoms with Crippen molar-refractivity contribution in [3.05, 3.63) is 54.9 Å². The molecule has 0 bridgehead atoms. The zero-order chi connectivity index (χ0) is 13.1. The zero-order valence-corrected chi connectivity index (χ0v) is 9.64. The van der Waals surface area contributed by atoms with Crippen molar-refractivity contribution in [3.63, 3.8) is 0 Å². The van der Waals surface area contributed by atoms with Crippen molar-refractivity contribution in [2.45, 2.75) is 0 Å². The van der Waals surface area contributed by atoms with Crippen LogP contribution in [0, 0.1) is 5.82 Å². The van der Waals surface area contributed by atoms with Crippen LogP contribution in [0.4, 0.5) is 4.39 Å². The second-order valence-electron chi connectivity index (χ2n) is 3.63. The number of halogens is 1. The molecular formula is C12H8FN5O. The maximum absolute atomic E-state index is 13.3. The average Bonchev–Trinajstić information content (AvgIpc) is 2.94. The Bertz CT molecular complexity index is 672. The Morgan fingerprint density at radius 3 is 2.89 bits per heavy atom. The Morgan fingerprint density at radius 1 is 1.21 bits per heavy atom. The second kappa shape index (κ2) is 4.81.